The number of anilines is 1. The van der Waals surface area contributed by atoms with Gasteiger partial charge in [-0.1, -0.05) is 18.2 Å². The Bertz CT molecular complexity index is 1130. The summed E-state index contributed by atoms with van der Waals surface area (Å²) in [5.41, 5.74) is 2.08. The monoisotopic (exact) mass is 372 g/mol. The fraction of sp³-hybridized carbons (Fsp3) is 0.174. The molecule has 0 spiro atoms. The molecule has 2 aromatic carbocycles. The first-order valence-corrected chi connectivity index (χ1v) is 9.11. The quantitative estimate of drug-likeness (QED) is 0.364. The number of rotatable bonds is 6. The first-order chi connectivity index (χ1) is 13.5. The lowest BCUT2D eigenvalue weighted by atomic mass is 10.1. The molecule has 5 heteroatoms. The number of hydrogen-bond acceptors (Lipinski definition) is 5. The number of hydrogen-bond donors (Lipinski definition) is 0. The van der Waals surface area contributed by atoms with Gasteiger partial charge >= 0.3 is 5.63 Å². The minimum absolute atomic E-state index is 0.00650. The molecule has 0 radical (unpaired) electrons. The van der Waals surface area contributed by atoms with Crippen LogP contribution < -0.4 is 10.5 Å². The predicted molar refractivity (Wildman–Crippen MR) is 111 cm³/mol. The van der Waals surface area contributed by atoms with Crippen LogP contribution in [0.3, 0.4) is 0 Å². The second-order valence-electron chi connectivity index (χ2n) is 6.27. The number of fused-ring (bicyclic) bond motifs is 1. The van der Waals surface area contributed by atoms with E-state index in [4.69, 9.17) is 9.68 Å². The second kappa shape index (κ2) is 8.36. The van der Waals surface area contributed by atoms with Crippen LogP contribution in [0.5, 0.6) is 0 Å². The van der Waals surface area contributed by atoms with Crippen molar-refractivity contribution in [1.29, 1.82) is 5.26 Å². The number of nitrogens with zero attached hydrogens (tertiary/aromatic N) is 2. The average Bonchev–Trinajstić information content (AvgIpc) is 2.72. The van der Waals surface area contributed by atoms with Crippen molar-refractivity contribution in [2.24, 2.45) is 0 Å². The van der Waals surface area contributed by atoms with Gasteiger partial charge in [0.25, 0.3) is 0 Å². The minimum Gasteiger partial charge on any atom is -0.422 e. The Morgan fingerprint density at radius 1 is 1.11 bits per heavy atom. The maximum Gasteiger partial charge on any atom is 0.347 e. The molecular formula is C23H20N2O3. The van der Waals surface area contributed by atoms with Gasteiger partial charge in [0.2, 0.25) is 0 Å². The van der Waals surface area contributed by atoms with Crippen molar-refractivity contribution < 1.29 is 9.21 Å². The molecule has 5 nitrogen and oxygen atoms in total. The summed E-state index contributed by atoms with van der Waals surface area (Å²) < 4.78 is 5.40. The Labute approximate surface area is 163 Å². The summed E-state index contributed by atoms with van der Waals surface area (Å²) in [5, 5.41) is 9.52. The molecular weight excluding hydrogens is 352 g/mol. The molecule has 0 aliphatic rings. The summed E-state index contributed by atoms with van der Waals surface area (Å²) in [6, 6.07) is 16.1. The van der Waals surface area contributed by atoms with Gasteiger partial charge in [-0.25, -0.2) is 4.79 Å². The van der Waals surface area contributed by atoms with E-state index in [2.05, 4.69) is 18.7 Å². The molecule has 0 aliphatic carbocycles. The van der Waals surface area contributed by atoms with E-state index < -0.39 is 11.4 Å². The zero-order valence-electron chi connectivity index (χ0n) is 15.8. The van der Waals surface area contributed by atoms with E-state index in [1.54, 1.807) is 36.4 Å². The number of ketones is 1. The molecule has 0 aliphatic heterocycles. The minimum atomic E-state index is -0.654. The standard InChI is InChI=1S/C23H20N2O3/c1-3-25(4-2)19-11-10-18-13-20(23(27)28-22(18)14-19)21(26)12-9-16-5-7-17(15-24)8-6-16/h5-14H,3-4H2,1-2H3. The molecule has 0 unspecified atom stereocenters. The molecule has 0 bridgehead atoms. The van der Waals surface area contributed by atoms with Crippen LogP contribution in [0.15, 0.2) is 63.8 Å². The SMILES string of the molecule is CCN(CC)c1ccc2cc(C(=O)C=Cc3ccc(C#N)cc3)c(=O)oc2c1. The lowest BCUT2D eigenvalue weighted by Crippen LogP contribution is -2.21. The van der Waals surface area contributed by atoms with Crippen molar-refractivity contribution in [3.63, 3.8) is 0 Å². The fourth-order valence-electron chi connectivity index (χ4n) is 2.99. The highest BCUT2D eigenvalue weighted by molar-refractivity contribution is 6.07. The van der Waals surface area contributed by atoms with Crippen molar-refractivity contribution in [2.75, 3.05) is 18.0 Å². The number of nitriles is 1. The molecule has 0 N–H and O–H groups in total. The molecule has 140 valence electrons. The van der Waals surface area contributed by atoms with E-state index in [0.717, 1.165) is 24.3 Å². The first kappa shape index (κ1) is 19.1. The molecule has 0 saturated carbocycles. The van der Waals surface area contributed by atoms with E-state index in [1.165, 1.54) is 6.08 Å². The van der Waals surface area contributed by atoms with Crippen molar-refractivity contribution in [2.45, 2.75) is 13.8 Å². The normalized spacial score (nSPS) is 10.9. The topological polar surface area (TPSA) is 74.3 Å². The number of allylic oxidation sites excluding steroid dienone is 1. The van der Waals surface area contributed by atoms with E-state index >= 15 is 0 Å². The highest BCUT2D eigenvalue weighted by Crippen LogP contribution is 2.22. The number of carbonyl (C=O) groups excluding carboxylic acids is 1. The second-order valence-corrected chi connectivity index (χ2v) is 6.27. The van der Waals surface area contributed by atoms with Crippen LogP contribution in [-0.4, -0.2) is 18.9 Å². The molecule has 3 rings (SSSR count). The zero-order valence-corrected chi connectivity index (χ0v) is 15.8. The Morgan fingerprint density at radius 2 is 1.82 bits per heavy atom. The lowest BCUT2D eigenvalue weighted by Gasteiger charge is -2.20. The summed E-state index contributed by atoms with van der Waals surface area (Å²) in [6.07, 6.45) is 2.94. The Hall–Kier alpha value is -3.65. The summed E-state index contributed by atoms with van der Waals surface area (Å²) in [6.45, 7) is 5.82. The van der Waals surface area contributed by atoms with Gasteiger partial charge in [0.15, 0.2) is 5.78 Å². The third-order valence-electron chi connectivity index (χ3n) is 4.58. The fourth-order valence-corrected chi connectivity index (χ4v) is 2.99. The van der Waals surface area contributed by atoms with Gasteiger partial charge in [-0.15, -0.1) is 0 Å². The Balaban J connectivity index is 1.89. The van der Waals surface area contributed by atoms with E-state index in [-0.39, 0.29) is 5.56 Å². The van der Waals surface area contributed by atoms with Gasteiger partial charge in [-0.3, -0.25) is 4.79 Å². The van der Waals surface area contributed by atoms with Gasteiger partial charge in [-0.05, 0) is 55.8 Å². The van der Waals surface area contributed by atoms with Crippen molar-refractivity contribution in [3.05, 3.63) is 81.7 Å². The average molecular weight is 372 g/mol. The van der Waals surface area contributed by atoms with Crippen LogP contribution in [0.25, 0.3) is 17.0 Å². The molecule has 0 amide bonds. The molecule has 0 saturated heterocycles. The van der Waals surface area contributed by atoms with Crippen LogP contribution in [0.2, 0.25) is 0 Å². The van der Waals surface area contributed by atoms with Gasteiger partial charge < -0.3 is 9.32 Å². The molecule has 1 aromatic heterocycles. The Kier molecular flexibility index (Phi) is 5.71. The maximum absolute atomic E-state index is 12.5. The third kappa shape index (κ3) is 4.02. The lowest BCUT2D eigenvalue weighted by molar-refractivity contribution is 0.104. The summed E-state index contributed by atoms with van der Waals surface area (Å²) in [5.74, 6) is -0.423. The zero-order chi connectivity index (χ0) is 20.1. The molecule has 28 heavy (non-hydrogen) atoms. The maximum atomic E-state index is 12.5. The largest absolute Gasteiger partial charge is 0.422 e. The van der Waals surface area contributed by atoms with Crippen molar-refractivity contribution in [1.82, 2.24) is 0 Å². The first-order valence-electron chi connectivity index (χ1n) is 9.11. The summed E-state index contributed by atoms with van der Waals surface area (Å²) >= 11 is 0. The molecule has 3 aromatic rings. The van der Waals surface area contributed by atoms with E-state index in [9.17, 15) is 9.59 Å². The predicted octanol–water partition coefficient (Wildman–Crippen LogP) is 4.41. The van der Waals surface area contributed by atoms with Gasteiger partial charge in [-0.2, -0.15) is 5.26 Å². The van der Waals surface area contributed by atoms with Crippen LogP contribution in [0.1, 0.15) is 35.3 Å². The molecule has 0 atom stereocenters. The van der Waals surface area contributed by atoms with Crippen LogP contribution in [0.4, 0.5) is 5.69 Å². The van der Waals surface area contributed by atoms with E-state index in [0.29, 0.717) is 16.5 Å². The van der Waals surface area contributed by atoms with E-state index in [1.807, 2.05) is 24.3 Å². The van der Waals surface area contributed by atoms with Crippen LogP contribution in [0, 0.1) is 11.3 Å². The summed E-state index contributed by atoms with van der Waals surface area (Å²) in [7, 11) is 0. The van der Waals surface area contributed by atoms with Gasteiger partial charge in [0.05, 0.1) is 11.6 Å². The Morgan fingerprint density at radius 3 is 2.46 bits per heavy atom. The van der Waals surface area contributed by atoms with Gasteiger partial charge in [0.1, 0.15) is 11.1 Å². The molecule has 0 fully saturated rings. The molecule has 1 heterocycles. The summed E-state index contributed by atoms with van der Waals surface area (Å²) in [4.78, 5) is 26.9. The van der Waals surface area contributed by atoms with Crippen molar-refractivity contribution >= 4 is 28.5 Å². The van der Waals surface area contributed by atoms with Crippen LogP contribution in [-0.2, 0) is 0 Å². The number of carbonyl (C=O) groups is 1. The number of benzene rings is 2. The smallest absolute Gasteiger partial charge is 0.347 e. The van der Waals surface area contributed by atoms with Gasteiger partial charge in [0, 0.05) is 30.2 Å². The highest BCUT2D eigenvalue weighted by Gasteiger charge is 2.12. The highest BCUT2D eigenvalue weighted by atomic mass is 16.4. The van der Waals surface area contributed by atoms with Crippen LogP contribution >= 0.6 is 0 Å². The third-order valence-corrected chi connectivity index (χ3v) is 4.58. The van der Waals surface area contributed by atoms with Crippen molar-refractivity contribution in [3.8, 4) is 6.07 Å².